The summed E-state index contributed by atoms with van der Waals surface area (Å²) in [6.07, 6.45) is 0. The van der Waals surface area contributed by atoms with Gasteiger partial charge in [-0.15, -0.1) is 0 Å². The van der Waals surface area contributed by atoms with Crippen LogP contribution in [-0.2, 0) is 19.1 Å². The Kier molecular flexibility index (Phi) is 6.45. The minimum atomic E-state index is -1.11. The van der Waals surface area contributed by atoms with Crippen LogP contribution in [0.15, 0.2) is 54.3 Å². The molecule has 0 radical (unpaired) electrons. The number of nitrogens with zero attached hydrogens (tertiary/aromatic N) is 1. The van der Waals surface area contributed by atoms with Gasteiger partial charge in [-0.1, -0.05) is 41.9 Å². The molecule has 1 aliphatic heterocycles. The molecule has 158 valence electrons. The number of hydrogen-bond acceptors (Lipinski definition) is 6. The Labute approximate surface area is 179 Å². The molecule has 0 atom stereocenters. The highest BCUT2D eigenvalue weighted by atomic mass is 35.5. The zero-order valence-electron chi connectivity index (χ0n) is 17.1. The molecule has 30 heavy (non-hydrogen) atoms. The topological polar surface area (TPSA) is 74.3 Å². The minimum Gasteiger partial charge on any atom is -0.496 e. The summed E-state index contributed by atoms with van der Waals surface area (Å²) in [5.74, 6) is -0.681. The number of carbonyl (C=O) groups is 2. The van der Waals surface area contributed by atoms with Crippen LogP contribution in [0.2, 0.25) is 5.02 Å². The van der Waals surface area contributed by atoms with E-state index < -0.39 is 17.4 Å². The van der Waals surface area contributed by atoms with Crippen molar-refractivity contribution < 1.29 is 28.6 Å². The maximum Gasteiger partial charge on any atom is 0.347 e. The van der Waals surface area contributed by atoms with Crippen LogP contribution in [0.5, 0.6) is 5.75 Å². The molecule has 1 amide bonds. The fraction of sp³-hybridized carbons (Fsp3) is 0.273. The van der Waals surface area contributed by atoms with Crippen molar-refractivity contribution in [2.45, 2.75) is 19.4 Å². The van der Waals surface area contributed by atoms with Gasteiger partial charge in [-0.3, -0.25) is 4.79 Å². The van der Waals surface area contributed by atoms with E-state index in [4.69, 9.17) is 30.6 Å². The van der Waals surface area contributed by atoms with Crippen molar-refractivity contribution in [3.63, 3.8) is 0 Å². The Hall–Kier alpha value is -2.87. The van der Waals surface area contributed by atoms with Gasteiger partial charge in [-0.25, -0.2) is 14.7 Å². The molecule has 0 aliphatic carbocycles. The van der Waals surface area contributed by atoms with Crippen molar-refractivity contribution in [2.75, 3.05) is 21.0 Å². The summed E-state index contributed by atoms with van der Waals surface area (Å²) < 4.78 is 16.0. The Bertz CT molecular complexity index is 1000. The van der Waals surface area contributed by atoms with Gasteiger partial charge in [0.2, 0.25) is 0 Å². The van der Waals surface area contributed by atoms with Crippen LogP contribution >= 0.6 is 11.6 Å². The van der Waals surface area contributed by atoms with E-state index in [1.807, 2.05) is 0 Å². The predicted octanol–water partition coefficient (Wildman–Crippen LogP) is 4.07. The molecular weight excluding hydrogens is 410 g/mol. The Morgan fingerprint density at radius 1 is 1.07 bits per heavy atom. The molecule has 0 unspecified atom stereocenters. The Morgan fingerprint density at radius 2 is 1.73 bits per heavy atom. The second-order valence-corrected chi connectivity index (χ2v) is 7.38. The third kappa shape index (κ3) is 3.92. The van der Waals surface area contributed by atoms with E-state index in [0.717, 1.165) is 5.06 Å². The number of methoxy groups -OCH3 is 2. The summed E-state index contributed by atoms with van der Waals surface area (Å²) in [6.45, 7) is 3.25. The molecule has 3 rings (SSSR count). The SMILES string of the molecule is COCON1C(=O)C(c2ccccc2Cl)=C(OC(=O)c2ccccc2OC)C1(C)C. The summed E-state index contributed by atoms with van der Waals surface area (Å²) in [5, 5.41) is 1.47. The second-order valence-electron chi connectivity index (χ2n) is 6.97. The highest BCUT2D eigenvalue weighted by Crippen LogP contribution is 2.43. The van der Waals surface area contributed by atoms with Gasteiger partial charge >= 0.3 is 5.97 Å². The van der Waals surface area contributed by atoms with Crippen LogP contribution in [0.25, 0.3) is 5.57 Å². The van der Waals surface area contributed by atoms with Crippen molar-refractivity contribution in [2.24, 2.45) is 0 Å². The van der Waals surface area contributed by atoms with Gasteiger partial charge in [0.1, 0.15) is 22.6 Å². The van der Waals surface area contributed by atoms with Crippen molar-refractivity contribution in [1.82, 2.24) is 5.06 Å². The van der Waals surface area contributed by atoms with E-state index in [-0.39, 0.29) is 23.7 Å². The molecule has 0 N–H and O–H groups in total. The smallest absolute Gasteiger partial charge is 0.347 e. The number of halogens is 1. The zero-order valence-corrected chi connectivity index (χ0v) is 17.9. The van der Waals surface area contributed by atoms with E-state index >= 15 is 0 Å². The summed E-state index contributed by atoms with van der Waals surface area (Å²) in [4.78, 5) is 31.7. The molecule has 0 saturated heterocycles. The maximum absolute atomic E-state index is 13.2. The molecule has 7 nitrogen and oxygen atoms in total. The molecule has 0 aromatic heterocycles. The monoisotopic (exact) mass is 431 g/mol. The van der Waals surface area contributed by atoms with E-state index in [2.05, 4.69) is 0 Å². The van der Waals surface area contributed by atoms with Crippen LogP contribution < -0.4 is 4.74 Å². The number of hydroxylamine groups is 2. The third-order valence-corrected chi connectivity index (χ3v) is 4.98. The molecule has 8 heteroatoms. The van der Waals surface area contributed by atoms with Crippen molar-refractivity contribution in [3.05, 3.63) is 70.4 Å². The van der Waals surface area contributed by atoms with Crippen molar-refractivity contribution >= 4 is 29.1 Å². The average Bonchev–Trinajstić information content (AvgIpc) is 2.91. The lowest BCUT2D eigenvalue weighted by Crippen LogP contribution is -2.44. The second kappa shape index (κ2) is 8.87. The number of hydrogen-bond donors (Lipinski definition) is 0. The molecule has 1 aliphatic rings. The number of amides is 1. The third-order valence-electron chi connectivity index (χ3n) is 4.65. The van der Waals surface area contributed by atoms with Gasteiger partial charge in [0, 0.05) is 17.7 Å². The average molecular weight is 432 g/mol. The Morgan fingerprint density at radius 3 is 2.40 bits per heavy atom. The van der Waals surface area contributed by atoms with Crippen LogP contribution in [-0.4, -0.2) is 43.5 Å². The normalized spacial score (nSPS) is 15.5. The van der Waals surface area contributed by atoms with Crippen LogP contribution in [0.1, 0.15) is 29.8 Å². The number of benzene rings is 2. The fourth-order valence-corrected chi connectivity index (χ4v) is 3.44. The highest BCUT2D eigenvalue weighted by Gasteiger charge is 2.50. The van der Waals surface area contributed by atoms with Gasteiger partial charge in [-0.05, 0) is 32.0 Å². The summed E-state index contributed by atoms with van der Waals surface area (Å²) in [5.41, 5.74) is -0.305. The molecule has 0 spiro atoms. The molecule has 2 aromatic rings. The molecule has 0 bridgehead atoms. The zero-order chi connectivity index (χ0) is 21.9. The van der Waals surface area contributed by atoms with Crippen LogP contribution in [0.4, 0.5) is 0 Å². The first-order valence-electron chi connectivity index (χ1n) is 9.14. The van der Waals surface area contributed by atoms with Crippen LogP contribution in [0, 0.1) is 0 Å². The fourth-order valence-electron chi connectivity index (χ4n) is 3.21. The lowest BCUT2D eigenvalue weighted by Gasteiger charge is -2.31. The van der Waals surface area contributed by atoms with Crippen molar-refractivity contribution in [3.8, 4) is 5.75 Å². The van der Waals surface area contributed by atoms with E-state index in [9.17, 15) is 9.59 Å². The largest absolute Gasteiger partial charge is 0.496 e. The molecule has 0 saturated carbocycles. The number of para-hydroxylation sites is 1. The number of carbonyl (C=O) groups excluding carboxylic acids is 2. The van der Waals surface area contributed by atoms with E-state index in [0.29, 0.717) is 16.3 Å². The predicted molar refractivity (Wildman–Crippen MR) is 111 cm³/mol. The summed E-state index contributed by atoms with van der Waals surface area (Å²) in [7, 11) is 2.91. The van der Waals surface area contributed by atoms with E-state index in [1.165, 1.54) is 14.2 Å². The van der Waals surface area contributed by atoms with Crippen LogP contribution in [0.3, 0.4) is 0 Å². The molecule has 2 aromatic carbocycles. The van der Waals surface area contributed by atoms with Gasteiger partial charge in [-0.2, -0.15) is 0 Å². The summed E-state index contributed by atoms with van der Waals surface area (Å²) in [6, 6.07) is 13.5. The van der Waals surface area contributed by atoms with Gasteiger partial charge < -0.3 is 14.2 Å². The standard InChI is InChI=1S/C22H22ClNO6/c1-22(2)19(30-21(26)15-10-6-8-12-17(15)28-4)18(14-9-5-7-11-16(14)23)20(25)24(22)29-13-27-3/h5-12H,13H2,1-4H3. The first-order valence-corrected chi connectivity index (χ1v) is 9.52. The first kappa shape index (κ1) is 21.8. The quantitative estimate of drug-likeness (QED) is 0.486. The van der Waals surface area contributed by atoms with E-state index in [1.54, 1.807) is 62.4 Å². The van der Waals surface area contributed by atoms with Gasteiger partial charge in [0.05, 0.1) is 12.7 Å². The first-order chi connectivity index (χ1) is 14.3. The lowest BCUT2D eigenvalue weighted by molar-refractivity contribution is -0.238. The number of ether oxygens (including phenoxy) is 3. The maximum atomic E-state index is 13.2. The molecular formula is C22H22ClNO6. The highest BCUT2D eigenvalue weighted by molar-refractivity contribution is 6.35. The minimum absolute atomic E-state index is 0.118. The molecule has 0 fully saturated rings. The van der Waals surface area contributed by atoms with Gasteiger partial charge in [0.15, 0.2) is 6.79 Å². The Balaban J connectivity index is 2.10. The van der Waals surface area contributed by atoms with Crippen molar-refractivity contribution in [1.29, 1.82) is 0 Å². The number of esters is 1. The van der Waals surface area contributed by atoms with Gasteiger partial charge in [0.25, 0.3) is 5.91 Å². The lowest BCUT2D eigenvalue weighted by atomic mass is 9.99. The number of rotatable bonds is 7. The summed E-state index contributed by atoms with van der Waals surface area (Å²) >= 11 is 6.35. The molecule has 1 heterocycles.